The van der Waals surface area contributed by atoms with Crippen molar-refractivity contribution in [3.05, 3.63) is 12.1 Å². The summed E-state index contributed by atoms with van der Waals surface area (Å²) in [4.78, 5) is 0.0604. The number of sulfonamides is 1. The van der Waals surface area contributed by atoms with Gasteiger partial charge in [0.05, 0.1) is 21.3 Å². The van der Waals surface area contributed by atoms with E-state index in [1.54, 1.807) is 16.4 Å². The van der Waals surface area contributed by atoms with E-state index < -0.39 is 10.0 Å². The number of piperidine rings is 1. The Labute approximate surface area is 162 Å². The van der Waals surface area contributed by atoms with Crippen LogP contribution < -0.4 is 19.5 Å². The number of nitrogens with one attached hydrogen (secondary N) is 1. The van der Waals surface area contributed by atoms with Gasteiger partial charge in [0.2, 0.25) is 0 Å². The van der Waals surface area contributed by atoms with Crippen LogP contribution in [0.25, 0.3) is 0 Å². The highest BCUT2D eigenvalue weighted by Crippen LogP contribution is 2.40. The zero-order chi connectivity index (χ0) is 18.4. The van der Waals surface area contributed by atoms with Gasteiger partial charge in [-0.3, -0.25) is 0 Å². The van der Waals surface area contributed by atoms with Crippen LogP contribution in [0, 0.1) is 0 Å². The molecule has 0 aliphatic carbocycles. The van der Waals surface area contributed by atoms with E-state index in [1.165, 1.54) is 21.3 Å². The second kappa shape index (κ2) is 10.2. The number of benzene rings is 1. The van der Waals surface area contributed by atoms with Crippen molar-refractivity contribution >= 4 is 22.4 Å². The molecule has 1 saturated heterocycles. The fraction of sp³-hybridized carbons (Fsp3) is 0.647. The van der Waals surface area contributed by atoms with Crippen molar-refractivity contribution in [1.29, 1.82) is 0 Å². The fourth-order valence-electron chi connectivity index (χ4n) is 3.16. The first-order valence-corrected chi connectivity index (χ1v) is 9.96. The number of hydrogen-bond donors (Lipinski definition) is 1. The summed E-state index contributed by atoms with van der Waals surface area (Å²) < 4.78 is 44.5. The van der Waals surface area contributed by atoms with Crippen molar-refractivity contribution in [3.8, 4) is 17.2 Å². The lowest BCUT2D eigenvalue weighted by Crippen LogP contribution is -2.46. The Morgan fingerprint density at radius 2 is 1.62 bits per heavy atom. The van der Waals surface area contributed by atoms with E-state index >= 15 is 0 Å². The van der Waals surface area contributed by atoms with Crippen LogP contribution in [0.3, 0.4) is 0 Å². The standard InChI is InChI=1S/C17H28N2O5S.ClH/c1-5-10-19(13-6-8-18-9-7-13)25(20,21)17-15(23-3)11-14(22-2)12-16(17)24-4;/h11-13,18H,5-10H2,1-4H3;1H. The molecule has 1 aromatic carbocycles. The summed E-state index contributed by atoms with van der Waals surface area (Å²) in [5.74, 6) is 0.939. The quantitative estimate of drug-likeness (QED) is 0.711. The molecule has 1 heterocycles. The molecule has 1 aliphatic heterocycles. The molecular formula is C17H29ClN2O5S. The molecular weight excluding hydrogens is 380 g/mol. The van der Waals surface area contributed by atoms with Gasteiger partial charge in [0.1, 0.15) is 17.2 Å². The van der Waals surface area contributed by atoms with Crippen LogP contribution in [-0.2, 0) is 10.0 Å². The maximum absolute atomic E-state index is 13.5. The maximum atomic E-state index is 13.5. The van der Waals surface area contributed by atoms with Gasteiger partial charge in [-0.2, -0.15) is 4.31 Å². The van der Waals surface area contributed by atoms with Crippen molar-refractivity contribution < 1.29 is 22.6 Å². The number of rotatable bonds is 8. The lowest BCUT2D eigenvalue weighted by atomic mass is 10.1. The van der Waals surface area contributed by atoms with Crippen LogP contribution in [0.1, 0.15) is 26.2 Å². The van der Waals surface area contributed by atoms with Gasteiger partial charge in [-0.05, 0) is 32.4 Å². The highest BCUT2D eigenvalue weighted by molar-refractivity contribution is 7.89. The fourth-order valence-corrected chi connectivity index (χ4v) is 5.21. The highest BCUT2D eigenvalue weighted by Gasteiger charge is 2.36. The number of methoxy groups -OCH3 is 3. The summed E-state index contributed by atoms with van der Waals surface area (Å²) >= 11 is 0. The summed E-state index contributed by atoms with van der Waals surface area (Å²) in [5, 5.41) is 3.28. The van der Waals surface area contributed by atoms with Gasteiger partial charge in [-0.15, -0.1) is 12.4 Å². The van der Waals surface area contributed by atoms with Gasteiger partial charge in [-0.1, -0.05) is 6.92 Å². The Morgan fingerprint density at radius 1 is 1.08 bits per heavy atom. The first-order chi connectivity index (χ1) is 12.0. The topological polar surface area (TPSA) is 77.1 Å². The third-order valence-corrected chi connectivity index (χ3v) is 6.41. The third-order valence-electron chi connectivity index (χ3n) is 4.40. The van der Waals surface area contributed by atoms with Crippen LogP contribution in [0.5, 0.6) is 17.2 Å². The van der Waals surface area contributed by atoms with E-state index in [2.05, 4.69) is 5.32 Å². The molecule has 0 atom stereocenters. The van der Waals surface area contributed by atoms with Crippen molar-refractivity contribution in [2.45, 2.75) is 37.1 Å². The molecule has 0 unspecified atom stereocenters. The molecule has 1 N–H and O–H groups in total. The molecule has 26 heavy (non-hydrogen) atoms. The van der Waals surface area contributed by atoms with Crippen molar-refractivity contribution in [2.75, 3.05) is 41.0 Å². The van der Waals surface area contributed by atoms with E-state index in [-0.39, 0.29) is 34.8 Å². The Morgan fingerprint density at radius 3 is 2.04 bits per heavy atom. The Hall–Kier alpha value is -1.22. The molecule has 150 valence electrons. The Kier molecular flexibility index (Phi) is 8.95. The SMILES string of the molecule is CCCN(C1CCNCC1)S(=O)(=O)c1c(OC)cc(OC)cc1OC.Cl. The zero-order valence-electron chi connectivity index (χ0n) is 15.8. The zero-order valence-corrected chi connectivity index (χ0v) is 17.4. The molecule has 1 aliphatic rings. The van der Waals surface area contributed by atoms with Crippen molar-refractivity contribution in [3.63, 3.8) is 0 Å². The average molecular weight is 409 g/mol. The van der Waals surface area contributed by atoms with E-state index in [1.807, 2.05) is 6.92 Å². The second-order valence-electron chi connectivity index (χ2n) is 5.96. The smallest absolute Gasteiger partial charge is 0.250 e. The molecule has 1 aromatic rings. The van der Waals surface area contributed by atoms with E-state index in [0.29, 0.717) is 12.3 Å². The monoisotopic (exact) mass is 408 g/mol. The van der Waals surface area contributed by atoms with Crippen LogP contribution in [0.2, 0.25) is 0 Å². The van der Waals surface area contributed by atoms with Gasteiger partial charge in [-0.25, -0.2) is 8.42 Å². The molecule has 9 heteroatoms. The molecule has 0 bridgehead atoms. The molecule has 2 rings (SSSR count). The van der Waals surface area contributed by atoms with Crippen molar-refractivity contribution in [1.82, 2.24) is 9.62 Å². The van der Waals surface area contributed by atoms with Gasteiger partial charge in [0.15, 0.2) is 4.90 Å². The maximum Gasteiger partial charge on any atom is 0.250 e. The van der Waals surface area contributed by atoms with Gasteiger partial charge >= 0.3 is 0 Å². The lowest BCUT2D eigenvalue weighted by Gasteiger charge is -2.34. The number of nitrogens with zero attached hydrogens (tertiary/aromatic N) is 1. The van der Waals surface area contributed by atoms with E-state index in [9.17, 15) is 8.42 Å². The number of ether oxygens (including phenoxy) is 3. The summed E-state index contributed by atoms with van der Waals surface area (Å²) in [5.41, 5.74) is 0. The molecule has 0 aromatic heterocycles. The van der Waals surface area contributed by atoms with Crippen LogP contribution in [-0.4, -0.2) is 59.7 Å². The molecule has 1 fully saturated rings. The van der Waals surface area contributed by atoms with Gasteiger partial charge in [0, 0.05) is 24.7 Å². The second-order valence-corrected chi connectivity index (χ2v) is 7.79. The predicted octanol–water partition coefficient (Wildman–Crippen LogP) is 2.29. The molecule has 0 amide bonds. The van der Waals surface area contributed by atoms with Gasteiger partial charge in [0.25, 0.3) is 10.0 Å². The highest BCUT2D eigenvalue weighted by atomic mass is 35.5. The summed E-state index contributed by atoms with van der Waals surface area (Å²) in [6, 6.07) is 3.12. The predicted molar refractivity (Wildman–Crippen MR) is 103 cm³/mol. The van der Waals surface area contributed by atoms with Crippen LogP contribution in [0.15, 0.2) is 17.0 Å². The molecule has 0 radical (unpaired) electrons. The lowest BCUT2D eigenvalue weighted by molar-refractivity contribution is 0.260. The number of hydrogen-bond acceptors (Lipinski definition) is 6. The van der Waals surface area contributed by atoms with E-state index in [4.69, 9.17) is 14.2 Å². The largest absolute Gasteiger partial charge is 0.496 e. The Bertz CT molecular complexity index is 653. The first kappa shape index (κ1) is 22.8. The molecule has 7 nitrogen and oxygen atoms in total. The van der Waals surface area contributed by atoms with Crippen molar-refractivity contribution in [2.24, 2.45) is 0 Å². The van der Waals surface area contributed by atoms with E-state index in [0.717, 1.165) is 32.4 Å². The third kappa shape index (κ3) is 4.73. The van der Waals surface area contributed by atoms with Crippen LogP contribution in [0.4, 0.5) is 0 Å². The normalized spacial score (nSPS) is 15.4. The Balaban J connectivity index is 0.00000338. The minimum absolute atomic E-state index is 0. The summed E-state index contributed by atoms with van der Waals surface area (Å²) in [6.45, 7) is 4.08. The summed E-state index contributed by atoms with van der Waals surface area (Å²) in [6.07, 6.45) is 2.32. The van der Waals surface area contributed by atoms with Crippen LogP contribution >= 0.6 is 12.4 Å². The molecule has 0 spiro atoms. The summed E-state index contributed by atoms with van der Waals surface area (Å²) in [7, 11) is 0.634. The first-order valence-electron chi connectivity index (χ1n) is 8.52. The average Bonchev–Trinajstić information content (AvgIpc) is 2.65. The minimum Gasteiger partial charge on any atom is -0.496 e. The minimum atomic E-state index is -3.77. The molecule has 0 saturated carbocycles. The number of halogens is 1. The van der Waals surface area contributed by atoms with Gasteiger partial charge < -0.3 is 19.5 Å².